The van der Waals surface area contributed by atoms with E-state index in [9.17, 15) is 0 Å². The van der Waals surface area contributed by atoms with Crippen molar-refractivity contribution in [3.63, 3.8) is 0 Å². The van der Waals surface area contributed by atoms with Gasteiger partial charge in [0.1, 0.15) is 5.82 Å². The minimum absolute atomic E-state index is 0.463. The predicted molar refractivity (Wildman–Crippen MR) is 88.7 cm³/mol. The van der Waals surface area contributed by atoms with Crippen molar-refractivity contribution in [3.05, 3.63) is 24.3 Å². The monoisotopic (exact) mass is 284 g/mol. The average Bonchev–Trinajstić information content (AvgIpc) is 3.26. The average molecular weight is 284 g/mol. The molecule has 0 atom stereocenters. The molecular formula is C17H24N4. The van der Waals surface area contributed by atoms with E-state index in [-0.39, 0.29) is 0 Å². The molecule has 1 aromatic heterocycles. The van der Waals surface area contributed by atoms with Crippen LogP contribution in [-0.2, 0) is 0 Å². The van der Waals surface area contributed by atoms with Crippen molar-refractivity contribution >= 4 is 22.7 Å². The van der Waals surface area contributed by atoms with Crippen LogP contribution in [0.2, 0.25) is 0 Å². The molecule has 1 aliphatic rings. The topological polar surface area (TPSA) is 49.8 Å². The molecule has 0 bridgehead atoms. The van der Waals surface area contributed by atoms with E-state index in [4.69, 9.17) is 0 Å². The normalized spacial score (nSPS) is 16.2. The molecule has 0 aliphatic heterocycles. The maximum absolute atomic E-state index is 4.65. The summed E-state index contributed by atoms with van der Waals surface area (Å²) in [4.78, 5) is 9.21. The van der Waals surface area contributed by atoms with E-state index >= 15 is 0 Å². The van der Waals surface area contributed by atoms with Crippen molar-refractivity contribution in [3.8, 4) is 0 Å². The van der Waals surface area contributed by atoms with Gasteiger partial charge in [-0.2, -0.15) is 4.98 Å². The Morgan fingerprint density at radius 1 is 1.14 bits per heavy atom. The highest BCUT2D eigenvalue weighted by Gasteiger charge is 2.45. The summed E-state index contributed by atoms with van der Waals surface area (Å²) >= 11 is 0. The lowest BCUT2D eigenvalue weighted by molar-refractivity contribution is 0.380. The van der Waals surface area contributed by atoms with Crippen molar-refractivity contribution in [2.45, 2.75) is 33.6 Å². The third kappa shape index (κ3) is 2.80. The smallest absolute Gasteiger partial charge is 0.225 e. The van der Waals surface area contributed by atoms with Crippen molar-refractivity contribution in [1.82, 2.24) is 9.97 Å². The fraction of sp³-hybridized carbons (Fsp3) is 0.529. The van der Waals surface area contributed by atoms with Crippen LogP contribution in [0.3, 0.4) is 0 Å². The maximum atomic E-state index is 4.65. The van der Waals surface area contributed by atoms with Gasteiger partial charge in [0.05, 0.1) is 5.52 Å². The van der Waals surface area contributed by atoms with Crippen LogP contribution in [0.1, 0.15) is 33.6 Å². The van der Waals surface area contributed by atoms with Gasteiger partial charge in [-0.05, 0) is 43.2 Å². The van der Waals surface area contributed by atoms with Gasteiger partial charge in [0.2, 0.25) is 5.95 Å². The number of para-hydroxylation sites is 1. The summed E-state index contributed by atoms with van der Waals surface area (Å²) in [5, 5.41) is 7.89. The molecule has 4 nitrogen and oxygen atoms in total. The molecule has 0 saturated heterocycles. The first-order valence-corrected chi connectivity index (χ1v) is 7.89. The van der Waals surface area contributed by atoms with Crippen LogP contribution >= 0.6 is 0 Å². The Morgan fingerprint density at radius 3 is 2.57 bits per heavy atom. The highest BCUT2D eigenvalue weighted by molar-refractivity contribution is 5.90. The van der Waals surface area contributed by atoms with E-state index in [2.05, 4.69) is 47.4 Å². The van der Waals surface area contributed by atoms with Crippen LogP contribution in [0.25, 0.3) is 10.9 Å². The van der Waals surface area contributed by atoms with Gasteiger partial charge in [0, 0.05) is 18.5 Å². The van der Waals surface area contributed by atoms with Crippen molar-refractivity contribution in [1.29, 1.82) is 0 Å². The van der Waals surface area contributed by atoms with Crippen molar-refractivity contribution < 1.29 is 0 Å². The fourth-order valence-corrected chi connectivity index (χ4v) is 2.83. The van der Waals surface area contributed by atoms with Gasteiger partial charge >= 0.3 is 0 Å². The minimum atomic E-state index is 0.463. The Bertz CT molecular complexity index is 632. The largest absolute Gasteiger partial charge is 0.369 e. The molecule has 1 aliphatic carbocycles. The van der Waals surface area contributed by atoms with Crippen molar-refractivity contribution in [2.75, 3.05) is 23.7 Å². The van der Waals surface area contributed by atoms with Crippen LogP contribution in [0.5, 0.6) is 0 Å². The molecular weight excluding hydrogens is 260 g/mol. The van der Waals surface area contributed by atoms with E-state index in [1.54, 1.807) is 0 Å². The lowest BCUT2D eigenvalue weighted by Gasteiger charge is -2.21. The lowest BCUT2D eigenvalue weighted by Crippen LogP contribution is -2.21. The molecule has 3 rings (SSSR count). The third-order valence-electron chi connectivity index (χ3n) is 4.66. The molecule has 1 fully saturated rings. The predicted octanol–water partition coefficient (Wildman–Crippen LogP) is 3.91. The molecule has 2 N–H and O–H groups in total. The Hall–Kier alpha value is -1.84. The Kier molecular flexibility index (Phi) is 3.70. The minimum Gasteiger partial charge on any atom is -0.369 e. The van der Waals surface area contributed by atoms with Crippen LogP contribution in [0.4, 0.5) is 11.8 Å². The number of nitrogens with one attached hydrogen (secondary N) is 2. The lowest BCUT2D eigenvalue weighted by atomic mass is 9.92. The number of anilines is 2. The number of hydrogen-bond donors (Lipinski definition) is 2. The number of fused-ring (bicyclic) bond motifs is 1. The highest BCUT2D eigenvalue weighted by Crippen LogP contribution is 2.51. The van der Waals surface area contributed by atoms with E-state index in [1.807, 2.05) is 18.2 Å². The second-order valence-corrected chi connectivity index (χ2v) is 6.31. The molecule has 0 amide bonds. The van der Waals surface area contributed by atoms with E-state index in [0.29, 0.717) is 17.3 Å². The van der Waals surface area contributed by atoms with Gasteiger partial charge in [0.25, 0.3) is 0 Å². The van der Waals surface area contributed by atoms with Crippen molar-refractivity contribution in [2.24, 2.45) is 11.3 Å². The Morgan fingerprint density at radius 2 is 1.90 bits per heavy atom. The fourth-order valence-electron chi connectivity index (χ4n) is 2.83. The Balaban J connectivity index is 1.89. The SMILES string of the molecule is CCNc1nc(NCC2(C(C)C)CC2)c2ccccc2n1. The van der Waals surface area contributed by atoms with Gasteiger partial charge in [0.15, 0.2) is 0 Å². The molecule has 0 unspecified atom stereocenters. The highest BCUT2D eigenvalue weighted by atomic mass is 15.1. The summed E-state index contributed by atoms with van der Waals surface area (Å²) in [6, 6.07) is 8.19. The summed E-state index contributed by atoms with van der Waals surface area (Å²) < 4.78 is 0. The molecule has 1 heterocycles. The second kappa shape index (κ2) is 5.51. The number of benzene rings is 1. The van der Waals surface area contributed by atoms with E-state index < -0.39 is 0 Å². The van der Waals surface area contributed by atoms with Gasteiger partial charge in [-0.1, -0.05) is 26.0 Å². The third-order valence-corrected chi connectivity index (χ3v) is 4.66. The van der Waals surface area contributed by atoms with Gasteiger partial charge < -0.3 is 10.6 Å². The summed E-state index contributed by atoms with van der Waals surface area (Å²) in [6.07, 6.45) is 2.64. The number of nitrogens with zero attached hydrogens (tertiary/aromatic N) is 2. The summed E-state index contributed by atoms with van der Waals surface area (Å²) in [5.74, 6) is 2.36. The number of hydrogen-bond acceptors (Lipinski definition) is 4. The molecule has 0 spiro atoms. The van der Waals surface area contributed by atoms with E-state index in [1.165, 1.54) is 12.8 Å². The molecule has 1 saturated carbocycles. The first-order valence-electron chi connectivity index (χ1n) is 7.89. The van der Waals surface area contributed by atoms with Crippen LogP contribution in [0.15, 0.2) is 24.3 Å². The summed E-state index contributed by atoms with van der Waals surface area (Å²) in [5.41, 5.74) is 1.45. The Labute approximate surface area is 126 Å². The van der Waals surface area contributed by atoms with Gasteiger partial charge in [-0.25, -0.2) is 4.98 Å². The van der Waals surface area contributed by atoms with Gasteiger partial charge in [-0.3, -0.25) is 0 Å². The first kappa shape index (κ1) is 14.1. The number of aromatic nitrogens is 2. The first-order chi connectivity index (χ1) is 10.1. The summed E-state index contributed by atoms with van der Waals surface area (Å²) in [6.45, 7) is 8.52. The molecule has 112 valence electrons. The standard InChI is InChI=1S/C17H24N4/c1-4-18-16-20-14-8-6-5-7-13(14)15(21-16)19-11-17(9-10-17)12(2)3/h5-8,12H,4,9-11H2,1-3H3,(H2,18,19,20,21). The molecule has 4 heteroatoms. The zero-order valence-electron chi connectivity index (χ0n) is 13.1. The quantitative estimate of drug-likeness (QED) is 0.844. The number of rotatable bonds is 6. The van der Waals surface area contributed by atoms with Gasteiger partial charge in [-0.15, -0.1) is 0 Å². The van der Waals surface area contributed by atoms with Crippen LogP contribution in [-0.4, -0.2) is 23.1 Å². The van der Waals surface area contributed by atoms with Crippen LogP contribution in [0, 0.1) is 11.3 Å². The van der Waals surface area contributed by atoms with Crippen LogP contribution < -0.4 is 10.6 Å². The zero-order valence-corrected chi connectivity index (χ0v) is 13.1. The second-order valence-electron chi connectivity index (χ2n) is 6.31. The molecule has 1 aromatic carbocycles. The molecule has 21 heavy (non-hydrogen) atoms. The zero-order chi connectivity index (χ0) is 14.9. The maximum Gasteiger partial charge on any atom is 0.225 e. The molecule has 0 radical (unpaired) electrons. The summed E-state index contributed by atoms with van der Waals surface area (Å²) in [7, 11) is 0. The molecule has 2 aromatic rings. The van der Waals surface area contributed by atoms with E-state index in [0.717, 1.165) is 29.8 Å².